The van der Waals surface area contributed by atoms with Crippen LogP contribution >= 0.6 is 0 Å². The van der Waals surface area contributed by atoms with Crippen LogP contribution in [0.15, 0.2) is 17.1 Å². The van der Waals surface area contributed by atoms with Crippen molar-refractivity contribution >= 4 is 5.91 Å². The first-order valence-corrected chi connectivity index (χ1v) is 10.4. The summed E-state index contributed by atoms with van der Waals surface area (Å²) in [6.45, 7) is 1.50. The van der Waals surface area contributed by atoms with E-state index in [1.54, 1.807) is 6.20 Å². The fourth-order valence-corrected chi connectivity index (χ4v) is 5.00. The molecule has 1 aliphatic heterocycles. The van der Waals surface area contributed by atoms with Gasteiger partial charge in [0.25, 0.3) is 5.56 Å². The highest BCUT2D eigenvalue weighted by molar-refractivity contribution is 5.76. The number of carbonyl (C=O) groups excluding carboxylic acids is 1. The zero-order valence-electron chi connectivity index (χ0n) is 16.4. The molecule has 2 fully saturated rings. The standard InChI is InChI=1S/C21H27N5O2/c1-25-15(8-11-22-25)5-6-17(27)26-12-2-9-21(13-26)10-7-16-18(21)23-19(14-3-4-14)24-20(16)28/h8,11,14H,2-7,9-10,12-13H2,1H3,(H,23,24,28). The van der Waals surface area contributed by atoms with Gasteiger partial charge in [0.15, 0.2) is 0 Å². The summed E-state index contributed by atoms with van der Waals surface area (Å²) in [6, 6.07) is 1.97. The number of aromatic nitrogens is 4. The molecular formula is C21H27N5O2. The number of carbonyl (C=O) groups is 1. The Morgan fingerprint density at radius 1 is 1.36 bits per heavy atom. The summed E-state index contributed by atoms with van der Waals surface area (Å²) in [7, 11) is 1.91. The number of piperidine rings is 1. The molecule has 1 saturated heterocycles. The van der Waals surface area contributed by atoms with E-state index in [4.69, 9.17) is 4.98 Å². The first kappa shape index (κ1) is 17.6. The Morgan fingerprint density at radius 2 is 2.21 bits per heavy atom. The molecule has 1 unspecified atom stereocenters. The second-order valence-electron chi connectivity index (χ2n) is 8.70. The van der Waals surface area contributed by atoms with Crippen molar-refractivity contribution in [2.24, 2.45) is 7.05 Å². The lowest BCUT2D eigenvalue weighted by molar-refractivity contribution is -0.133. The van der Waals surface area contributed by atoms with Crippen LogP contribution in [-0.4, -0.2) is 43.6 Å². The number of likely N-dealkylation sites (tertiary alicyclic amines) is 1. The van der Waals surface area contributed by atoms with Gasteiger partial charge in [-0.25, -0.2) is 4.98 Å². The van der Waals surface area contributed by atoms with Crippen molar-refractivity contribution < 1.29 is 4.79 Å². The van der Waals surface area contributed by atoms with Crippen LogP contribution < -0.4 is 5.56 Å². The van der Waals surface area contributed by atoms with E-state index in [2.05, 4.69) is 10.1 Å². The molecule has 0 radical (unpaired) electrons. The molecule has 0 aromatic carbocycles. The van der Waals surface area contributed by atoms with Gasteiger partial charge in [0.2, 0.25) is 5.91 Å². The fraction of sp³-hybridized carbons (Fsp3) is 0.619. The van der Waals surface area contributed by atoms with Gasteiger partial charge >= 0.3 is 0 Å². The van der Waals surface area contributed by atoms with Crippen LogP contribution in [0.2, 0.25) is 0 Å². The number of hydrogen-bond acceptors (Lipinski definition) is 4. The second kappa shape index (κ2) is 6.57. The molecule has 2 aliphatic carbocycles. The molecule has 2 aromatic heterocycles. The Kier molecular flexibility index (Phi) is 4.14. The smallest absolute Gasteiger partial charge is 0.254 e. The summed E-state index contributed by atoms with van der Waals surface area (Å²) in [5.41, 5.74) is 2.83. The molecule has 3 heterocycles. The number of rotatable bonds is 4. The Balaban J connectivity index is 1.36. The van der Waals surface area contributed by atoms with Gasteiger partial charge in [-0.1, -0.05) is 0 Å². The van der Waals surface area contributed by atoms with Gasteiger partial charge in [0.1, 0.15) is 5.82 Å². The van der Waals surface area contributed by atoms with Gasteiger partial charge in [-0.05, 0) is 51.0 Å². The number of hydrogen-bond donors (Lipinski definition) is 1. The molecule has 5 rings (SSSR count). The number of nitrogens with zero attached hydrogens (tertiary/aromatic N) is 4. The molecule has 1 N–H and O–H groups in total. The number of amides is 1. The number of H-pyrrole nitrogens is 1. The van der Waals surface area contributed by atoms with E-state index in [1.807, 2.05) is 22.7 Å². The van der Waals surface area contributed by atoms with Gasteiger partial charge in [0, 0.05) is 55.3 Å². The number of fused-ring (bicyclic) bond motifs is 2. The van der Waals surface area contributed by atoms with Crippen molar-refractivity contribution in [1.82, 2.24) is 24.6 Å². The largest absolute Gasteiger partial charge is 0.342 e. The monoisotopic (exact) mass is 381 g/mol. The van der Waals surface area contributed by atoms with E-state index in [0.717, 1.165) is 67.8 Å². The quantitative estimate of drug-likeness (QED) is 0.876. The Hall–Kier alpha value is -2.44. The van der Waals surface area contributed by atoms with Crippen LogP contribution in [0.25, 0.3) is 0 Å². The first-order chi connectivity index (χ1) is 13.6. The van der Waals surface area contributed by atoms with Crippen molar-refractivity contribution in [1.29, 1.82) is 0 Å². The van der Waals surface area contributed by atoms with E-state index >= 15 is 0 Å². The molecule has 28 heavy (non-hydrogen) atoms. The summed E-state index contributed by atoms with van der Waals surface area (Å²) in [5.74, 6) is 1.49. The molecular weight excluding hydrogens is 354 g/mol. The van der Waals surface area contributed by atoms with E-state index < -0.39 is 0 Å². The van der Waals surface area contributed by atoms with Crippen molar-refractivity contribution in [3.05, 3.63) is 45.4 Å². The highest BCUT2D eigenvalue weighted by Crippen LogP contribution is 2.45. The minimum absolute atomic E-state index is 0.0448. The molecule has 1 spiro atoms. The van der Waals surface area contributed by atoms with Crippen LogP contribution in [0.5, 0.6) is 0 Å². The van der Waals surface area contributed by atoms with Crippen molar-refractivity contribution in [2.75, 3.05) is 13.1 Å². The maximum Gasteiger partial charge on any atom is 0.254 e. The molecule has 7 heteroatoms. The third kappa shape index (κ3) is 2.97. The minimum atomic E-state index is -0.131. The average Bonchev–Trinajstić information content (AvgIpc) is 3.39. The molecule has 1 saturated carbocycles. The molecule has 1 atom stereocenters. The zero-order chi connectivity index (χ0) is 19.3. The molecule has 1 amide bonds. The van der Waals surface area contributed by atoms with Crippen LogP contribution in [0.3, 0.4) is 0 Å². The van der Waals surface area contributed by atoms with Crippen molar-refractivity contribution in [3.63, 3.8) is 0 Å². The molecule has 148 valence electrons. The lowest BCUT2D eigenvalue weighted by Crippen LogP contribution is -2.48. The highest BCUT2D eigenvalue weighted by atomic mass is 16.2. The number of aryl methyl sites for hydroxylation is 2. The summed E-state index contributed by atoms with van der Waals surface area (Å²) < 4.78 is 1.83. The van der Waals surface area contributed by atoms with Crippen LogP contribution in [-0.2, 0) is 30.1 Å². The molecule has 2 aromatic rings. The van der Waals surface area contributed by atoms with Crippen LogP contribution in [0.1, 0.15) is 67.2 Å². The number of aromatic amines is 1. The summed E-state index contributed by atoms with van der Waals surface area (Å²) in [6.07, 6.45) is 8.91. The normalized spacial score (nSPS) is 24.0. The lowest BCUT2D eigenvalue weighted by Gasteiger charge is -2.40. The molecule has 3 aliphatic rings. The third-order valence-corrected chi connectivity index (χ3v) is 6.80. The summed E-state index contributed by atoms with van der Waals surface area (Å²) in [4.78, 5) is 35.5. The van der Waals surface area contributed by atoms with E-state index in [-0.39, 0.29) is 16.9 Å². The van der Waals surface area contributed by atoms with Gasteiger partial charge in [0.05, 0.1) is 5.69 Å². The maximum atomic E-state index is 12.9. The second-order valence-corrected chi connectivity index (χ2v) is 8.70. The van der Waals surface area contributed by atoms with E-state index in [9.17, 15) is 9.59 Å². The van der Waals surface area contributed by atoms with Gasteiger partial charge < -0.3 is 9.88 Å². The number of nitrogens with one attached hydrogen (secondary N) is 1. The van der Waals surface area contributed by atoms with Crippen LogP contribution in [0, 0.1) is 0 Å². The summed E-state index contributed by atoms with van der Waals surface area (Å²) >= 11 is 0. The minimum Gasteiger partial charge on any atom is -0.342 e. The van der Waals surface area contributed by atoms with Gasteiger partial charge in [-0.15, -0.1) is 0 Å². The average molecular weight is 381 g/mol. The van der Waals surface area contributed by atoms with Crippen molar-refractivity contribution in [3.8, 4) is 0 Å². The van der Waals surface area contributed by atoms with Crippen molar-refractivity contribution in [2.45, 2.75) is 62.7 Å². The Labute approximate surface area is 164 Å². The third-order valence-electron chi connectivity index (χ3n) is 6.80. The SMILES string of the molecule is Cn1nccc1CCC(=O)N1CCCC2(CCc3c2nc(C2CC2)[nH]c3=O)C1. The zero-order valence-corrected chi connectivity index (χ0v) is 16.4. The fourth-order valence-electron chi connectivity index (χ4n) is 5.00. The highest BCUT2D eigenvalue weighted by Gasteiger charge is 2.46. The van der Waals surface area contributed by atoms with Gasteiger partial charge in [-0.2, -0.15) is 5.10 Å². The summed E-state index contributed by atoms with van der Waals surface area (Å²) in [5, 5.41) is 4.18. The topological polar surface area (TPSA) is 83.9 Å². The maximum absolute atomic E-state index is 12.9. The lowest BCUT2D eigenvalue weighted by atomic mass is 9.77. The molecule has 7 nitrogen and oxygen atoms in total. The predicted octanol–water partition coefficient (Wildman–Crippen LogP) is 1.82. The van der Waals surface area contributed by atoms with Gasteiger partial charge in [-0.3, -0.25) is 14.3 Å². The predicted molar refractivity (Wildman–Crippen MR) is 104 cm³/mol. The molecule has 0 bridgehead atoms. The Morgan fingerprint density at radius 3 is 2.96 bits per heavy atom. The van der Waals surface area contributed by atoms with Crippen LogP contribution in [0.4, 0.5) is 0 Å². The van der Waals surface area contributed by atoms with E-state index in [0.29, 0.717) is 25.3 Å². The first-order valence-electron chi connectivity index (χ1n) is 10.4. The Bertz CT molecular complexity index is 973. The van der Waals surface area contributed by atoms with E-state index in [1.165, 1.54) is 0 Å².